The lowest BCUT2D eigenvalue weighted by molar-refractivity contribution is 0.670. The Morgan fingerprint density at radius 3 is 1.29 bits per heavy atom. The standard InChI is InChI=1S/C53H31N5O/c54-32-34-14-18-36(19-15-34)38-22-24-40(25-23-38)44-30-46(41-28-26-39(27-29-41)37-20-16-35(33-55)17-21-37)50-47(31-44)49-45(12-7-13-48(49)59-50)53-57-51(42-8-3-1-4-9-42)56-52(58-53)43-10-5-2-6-11-43/h1-31H. The van der Waals surface area contributed by atoms with E-state index in [2.05, 4.69) is 78.9 Å². The molecule has 0 spiro atoms. The van der Waals surface area contributed by atoms with Crippen molar-refractivity contribution < 1.29 is 4.42 Å². The summed E-state index contributed by atoms with van der Waals surface area (Å²) >= 11 is 0. The maximum absolute atomic E-state index is 9.31. The molecule has 0 bridgehead atoms. The fourth-order valence-corrected chi connectivity index (χ4v) is 7.60. The molecule has 8 aromatic carbocycles. The van der Waals surface area contributed by atoms with Crippen LogP contribution in [0.2, 0.25) is 0 Å². The Balaban J connectivity index is 1.17. The molecule has 0 saturated heterocycles. The zero-order valence-electron chi connectivity index (χ0n) is 31.5. The monoisotopic (exact) mass is 753 g/mol. The molecule has 0 unspecified atom stereocenters. The highest BCUT2D eigenvalue weighted by Gasteiger charge is 2.21. The van der Waals surface area contributed by atoms with Crippen LogP contribution in [0.25, 0.3) is 101 Å². The van der Waals surface area contributed by atoms with Crippen molar-refractivity contribution in [3.63, 3.8) is 0 Å². The first-order chi connectivity index (χ1) is 29.1. The van der Waals surface area contributed by atoms with Crippen LogP contribution < -0.4 is 0 Å². The second kappa shape index (κ2) is 14.9. The molecule has 6 nitrogen and oxygen atoms in total. The van der Waals surface area contributed by atoms with Gasteiger partial charge in [0.25, 0.3) is 0 Å². The predicted octanol–water partition coefficient (Wildman–Crippen LogP) is 13.2. The van der Waals surface area contributed by atoms with E-state index in [1.54, 1.807) is 0 Å². The zero-order chi connectivity index (χ0) is 39.7. The normalized spacial score (nSPS) is 11.0. The molecule has 2 aromatic heterocycles. The number of furan rings is 1. The maximum Gasteiger partial charge on any atom is 0.164 e. The summed E-state index contributed by atoms with van der Waals surface area (Å²) in [7, 11) is 0. The van der Waals surface area contributed by atoms with Gasteiger partial charge in [0.1, 0.15) is 11.2 Å². The summed E-state index contributed by atoms with van der Waals surface area (Å²) < 4.78 is 6.83. The summed E-state index contributed by atoms with van der Waals surface area (Å²) in [5.41, 5.74) is 13.6. The Hall–Kier alpha value is -8.45. The van der Waals surface area contributed by atoms with E-state index in [1.165, 1.54) is 0 Å². The number of hydrogen-bond donors (Lipinski definition) is 0. The van der Waals surface area contributed by atoms with Gasteiger partial charge in [0.2, 0.25) is 0 Å². The van der Waals surface area contributed by atoms with Crippen molar-refractivity contribution in [1.82, 2.24) is 15.0 Å². The van der Waals surface area contributed by atoms with Crippen molar-refractivity contribution >= 4 is 21.9 Å². The molecule has 0 aliphatic carbocycles. The number of fused-ring (bicyclic) bond motifs is 3. The van der Waals surface area contributed by atoms with E-state index < -0.39 is 0 Å². The number of hydrogen-bond acceptors (Lipinski definition) is 6. The minimum atomic E-state index is 0.552. The highest BCUT2D eigenvalue weighted by Crippen LogP contribution is 2.43. The molecule has 0 aliphatic rings. The summed E-state index contributed by atoms with van der Waals surface area (Å²) in [5, 5.41) is 20.5. The van der Waals surface area contributed by atoms with E-state index in [4.69, 9.17) is 19.4 Å². The van der Waals surface area contributed by atoms with Crippen molar-refractivity contribution in [3.05, 3.63) is 199 Å². The number of nitrogens with zero attached hydrogens (tertiary/aromatic N) is 5. The highest BCUT2D eigenvalue weighted by molar-refractivity contribution is 6.16. The van der Waals surface area contributed by atoms with Crippen LogP contribution in [0, 0.1) is 22.7 Å². The summed E-state index contributed by atoms with van der Waals surface area (Å²) in [5.74, 6) is 1.73. The molecule has 10 aromatic rings. The third kappa shape index (κ3) is 6.68. The van der Waals surface area contributed by atoms with E-state index in [-0.39, 0.29) is 0 Å². The quantitative estimate of drug-likeness (QED) is 0.161. The average molecular weight is 754 g/mol. The molecule has 0 saturated carbocycles. The minimum absolute atomic E-state index is 0.552. The number of aromatic nitrogens is 3. The first-order valence-electron chi connectivity index (χ1n) is 19.2. The Morgan fingerprint density at radius 2 is 0.797 bits per heavy atom. The molecule has 0 aliphatic heterocycles. The summed E-state index contributed by atoms with van der Waals surface area (Å²) in [6.07, 6.45) is 0. The van der Waals surface area contributed by atoms with Crippen molar-refractivity contribution in [2.75, 3.05) is 0 Å². The lowest BCUT2D eigenvalue weighted by Gasteiger charge is -2.11. The molecular formula is C53H31N5O. The van der Waals surface area contributed by atoms with Crippen LogP contribution in [0.15, 0.2) is 192 Å². The zero-order valence-corrected chi connectivity index (χ0v) is 31.5. The van der Waals surface area contributed by atoms with Gasteiger partial charge < -0.3 is 4.42 Å². The van der Waals surface area contributed by atoms with Gasteiger partial charge in [-0.3, -0.25) is 0 Å². The van der Waals surface area contributed by atoms with Crippen LogP contribution in [0.1, 0.15) is 11.1 Å². The molecule has 0 fully saturated rings. The van der Waals surface area contributed by atoms with Crippen LogP contribution in [0.5, 0.6) is 0 Å². The van der Waals surface area contributed by atoms with Crippen LogP contribution in [-0.2, 0) is 0 Å². The van der Waals surface area contributed by atoms with Gasteiger partial charge in [0.15, 0.2) is 17.5 Å². The number of nitriles is 2. The predicted molar refractivity (Wildman–Crippen MR) is 235 cm³/mol. The largest absolute Gasteiger partial charge is 0.455 e. The van der Waals surface area contributed by atoms with E-state index in [0.29, 0.717) is 28.6 Å². The van der Waals surface area contributed by atoms with Gasteiger partial charge in [0, 0.05) is 33.0 Å². The molecule has 0 atom stereocenters. The van der Waals surface area contributed by atoms with Crippen molar-refractivity contribution in [2.45, 2.75) is 0 Å². The molecule has 6 heteroatoms. The molecule has 274 valence electrons. The lowest BCUT2D eigenvalue weighted by atomic mass is 9.93. The third-order valence-corrected chi connectivity index (χ3v) is 10.6. The van der Waals surface area contributed by atoms with Gasteiger partial charge >= 0.3 is 0 Å². The van der Waals surface area contributed by atoms with Gasteiger partial charge in [-0.1, -0.05) is 146 Å². The Morgan fingerprint density at radius 1 is 0.356 bits per heavy atom. The third-order valence-electron chi connectivity index (χ3n) is 10.6. The van der Waals surface area contributed by atoms with Crippen LogP contribution in [0.4, 0.5) is 0 Å². The average Bonchev–Trinajstić information content (AvgIpc) is 3.71. The lowest BCUT2D eigenvalue weighted by Crippen LogP contribution is -2.00. The van der Waals surface area contributed by atoms with Gasteiger partial charge in [-0.25, -0.2) is 15.0 Å². The smallest absolute Gasteiger partial charge is 0.164 e. The first-order valence-corrected chi connectivity index (χ1v) is 19.2. The van der Waals surface area contributed by atoms with Gasteiger partial charge in [-0.05, 0) is 81.4 Å². The summed E-state index contributed by atoms with van der Waals surface area (Å²) in [6.45, 7) is 0. The topological polar surface area (TPSA) is 99.4 Å². The van der Waals surface area contributed by atoms with Crippen LogP contribution >= 0.6 is 0 Å². The Bertz CT molecular complexity index is 3180. The van der Waals surface area contributed by atoms with E-state index in [9.17, 15) is 10.5 Å². The molecule has 2 heterocycles. The van der Waals surface area contributed by atoms with Crippen LogP contribution in [0.3, 0.4) is 0 Å². The SMILES string of the molecule is N#Cc1ccc(-c2ccc(-c3cc(-c4ccc(-c5ccc(C#N)cc5)cc4)c4oc5cccc(-c6nc(-c7ccccc7)nc(-c7ccccc7)n6)c5c4c3)cc2)cc1. The molecule has 0 amide bonds. The highest BCUT2D eigenvalue weighted by atomic mass is 16.3. The number of benzene rings is 8. The van der Waals surface area contributed by atoms with E-state index in [1.807, 2.05) is 121 Å². The van der Waals surface area contributed by atoms with Gasteiger partial charge in [-0.15, -0.1) is 0 Å². The van der Waals surface area contributed by atoms with E-state index in [0.717, 1.165) is 83.1 Å². The fourth-order valence-electron chi connectivity index (χ4n) is 7.60. The maximum atomic E-state index is 9.31. The second-order valence-electron chi connectivity index (χ2n) is 14.3. The van der Waals surface area contributed by atoms with Gasteiger partial charge in [-0.2, -0.15) is 10.5 Å². The van der Waals surface area contributed by atoms with Crippen LogP contribution in [-0.4, -0.2) is 15.0 Å². The molecule has 0 N–H and O–H groups in total. The molecular weight excluding hydrogens is 723 g/mol. The molecule has 10 rings (SSSR count). The van der Waals surface area contributed by atoms with E-state index >= 15 is 0 Å². The first kappa shape index (κ1) is 35.0. The van der Waals surface area contributed by atoms with Crippen molar-refractivity contribution in [1.29, 1.82) is 10.5 Å². The Labute approximate surface area is 340 Å². The van der Waals surface area contributed by atoms with Crippen molar-refractivity contribution in [2.24, 2.45) is 0 Å². The Kier molecular flexibility index (Phi) is 8.84. The molecule has 0 radical (unpaired) electrons. The molecule has 59 heavy (non-hydrogen) atoms. The minimum Gasteiger partial charge on any atom is -0.455 e. The van der Waals surface area contributed by atoms with Crippen molar-refractivity contribution in [3.8, 4) is 90.8 Å². The van der Waals surface area contributed by atoms with Gasteiger partial charge in [0.05, 0.1) is 23.3 Å². The summed E-state index contributed by atoms with van der Waals surface area (Å²) in [6, 6.07) is 67.1. The summed E-state index contributed by atoms with van der Waals surface area (Å²) in [4.78, 5) is 15.1. The second-order valence-corrected chi connectivity index (χ2v) is 14.3. The number of rotatable bonds is 7. The fraction of sp³-hybridized carbons (Fsp3) is 0.